The molecule has 0 aliphatic heterocycles. The summed E-state index contributed by atoms with van der Waals surface area (Å²) in [6.07, 6.45) is 9.57. The number of nitrogens with zero attached hydrogens (tertiary/aromatic N) is 1. The molecule has 1 nitrogen and oxygen atoms in total. The van der Waals surface area contributed by atoms with Crippen molar-refractivity contribution in [1.29, 1.82) is 0 Å². The van der Waals surface area contributed by atoms with Gasteiger partial charge in [-0.3, -0.25) is 0 Å². The minimum Gasteiger partial charge on any atom is -0.245 e. The van der Waals surface area contributed by atoms with E-state index in [-0.39, 0.29) is 0 Å². The highest BCUT2D eigenvalue weighted by Crippen LogP contribution is 1.95. The molecule has 0 unspecified atom stereocenters. The van der Waals surface area contributed by atoms with E-state index in [1.54, 1.807) is 0 Å². The first-order chi connectivity index (χ1) is 5.27. The van der Waals surface area contributed by atoms with Crippen molar-refractivity contribution in [3.63, 3.8) is 0 Å². The van der Waals surface area contributed by atoms with Crippen molar-refractivity contribution < 1.29 is 4.58 Å². The molecule has 0 aliphatic rings. The third kappa shape index (κ3) is 9.15. The van der Waals surface area contributed by atoms with Gasteiger partial charge in [-0.15, -0.1) is 0 Å². The van der Waals surface area contributed by atoms with Gasteiger partial charge in [0.1, 0.15) is 20.3 Å². The zero-order valence-corrected chi connectivity index (χ0v) is 7.42. The highest BCUT2D eigenvalue weighted by atomic mass is 14.9. The molecule has 0 rings (SSSR count). The summed E-state index contributed by atoms with van der Waals surface area (Å²) in [7, 11) is 2.00. The molecule has 0 saturated carbocycles. The summed E-state index contributed by atoms with van der Waals surface area (Å²) in [5.74, 6) is 0. The van der Waals surface area contributed by atoms with E-state index in [2.05, 4.69) is 19.4 Å². The number of hydrogen-bond donors (Lipinski definition) is 0. The minimum atomic E-state index is 1.09. The van der Waals surface area contributed by atoms with E-state index in [0.717, 1.165) is 13.0 Å². The van der Waals surface area contributed by atoms with Crippen molar-refractivity contribution in [3.05, 3.63) is 24.8 Å². The van der Waals surface area contributed by atoms with Gasteiger partial charge in [-0.05, 0) is 12.8 Å². The summed E-state index contributed by atoms with van der Waals surface area (Å²) in [6, 6.07) is 0. The summed E-state index contributed by atoms with van der Waals surface area (Å²) in [4.78, 5) is 0. The molecular weight excluding hydrogens is 134 g/mol. The minimum absolute atomic E-state index is 1.09. The van der Waals surface area contributed by atoms with Gasteiger partial charge in [-0.2, -0.15) is 0 Å². The van der Waals surface area contributed by atoms with Crippen LogP contribution in [0.3, 0.4) is 0 Å². The maximum Gasteiger partial charge on any atom is 0.142 e. The van der Waals surface area contributed by atoms with Crippen molar-refractivity contribution in [2.75, 3.05) is 13.6 Å². The van der Waals surface area contributed by atoms with Crippen molar-refractivity contribution in [3.8, 4) is 0 Å². The van der Waals surface area contributed by atoms with E-state index in [1.807, 2.05) is 23.8 Å². The molecule has 0 spiro atoms. The van der Waals surface area contributed by atoms with E-state index < -0.39 is 0 Å². The standard InChI is InChI=1S/C10H18N/c1-4-5-6-7-8-9-10-11(2)3/h4-6H,1-2,7-10H2,3H3/q+1/b6-5+. The summed E-state index contributed by atoms with van der Waals surface area (Å²) >= 11 is 0. The predicted molar refractivity (Wildman–Crippen MR) is 51.4 cm³/mol. The summed E-state index contributed by atoms with van der Waals surface area (Å²) in [5.41, 5.74) is 0. The van der Waals surface area contributed by atoms with E-state index in [0.29, 0.717) is 0 Å². The van der Waals surface area contributed by atoms with Gasteiger partial charge in [0, 0.05) is 6.42 Å². The predicted octanol–water partition coefficient (Wildman–Crippen LogP) is 2.24. The Kier molecular flexibility index (Phi) is 6.70. The van der Waals surface area contributed by atoms with Gasteiger partial charge < -0.3 is 0 Å². The van der Waals surface area contributed by atoms with Crippen LogP contribution < -0.4 is 0 Å². The second kappa shape index (κ2) is 7.26. The van der Waals surface area contributed by atoms with Crippen LogP contribution in [0.25, 0.3) is 0 Å². The Morgan fingerprint density at radius 1 is 1.36 bits per heavy atom. The molecular formula is C10H18N+. The molecule has 1 heteroatoms. The number of allylic oxidation sites excluding steroid dienone is 3. The Morgan fingerprint density at radius 2 is 2.09 bits per heavy atom. The molecule has 11 heavy (non-hydrogen) atoms. The molecule has 0 aromatic carbocycles. The van der Waals surface area contributed by atoms with E-state index >= 15 is 0 Å². The van der Waals surface area contributed by atoms with Crippen LogP contribution in [0.15, 0.2) is 24.8 Å². The van der Waals surface area contributed by atoms with Gasteiger partial charge >= 0.3 is 0 Å². The van der Waals surface area contributed by atoms with Gasteiger partial charge in [0.15, 0.2) is 0 Å². The van der Waals surface area contributed by atoms with Gasteiger partial charge in [0.2, 0.25) is 0 Å². The number of hydrogen-bond acceptors (Lipinski definition) is 0. The molecule has 0 fully saturated rings. The van der Waals surface area contributed by atoms with Crippen LogP contribution in [-0.2, 0) is 0 Å². The topological polar surface area (TPSA) is 3.01 Å². The lowest BCUT2D eigenvalue weighted by atomic mass is 10.2. The maximum absolute atomic E-state index is 3.77. The second-order valence-electron chi connectivity index (χ2n) is 2.74. The van der Waals surface area contributed by atoms with Crippen LogP contribution in [-0.4, -0.2) is 24.9 Å². The maximum atomic E-state index is 3.77. The summed E-state index contributed by atoms with van der Waals surface area (Å²) in [6.45, 7) is 8.46. The van der Waals surface area contributed by atoms with Gasteiger partial charge in [-0.1, -0.05) is 24.8 Å². The highest BCUT2D eigenvalue weighted by Gasteiger charge is 1.90. The number of rotatable bonds is 6. The average molecular weight is 152 g/mol. The molecule has 0 aromatic heterocycles. The van der Waals surface area contributed by atoms with E-state index in [9.17, 15) is 0 Å². The average Bonchev–Trinajstić information content (AvgIpc) is 1.96. The lowest BCUT2D eigenvalue weighted by Crippen LogP contribution is -2.03. The fourth-order valence-electron chi connectivity index (χ4n) is 0.836. The Labute approximate surface area is 69.7 Å². The largest absolute Gasteiger partial charge is 0.245 e. The van der Waals surface area contributed by atoms with Crippen LogP contribution in [0.5, 0.6) is 0 Å². The molecule has 0 amide bonds. The van der Waals surface area contributed by atoms with Crippen LogP contribution in [0.2, 0.25) is 0 Å². The lowest BCUT2D eigenvalue weighted by Gasteiger charge is -1.93. The molecule has 0 atom stereocenters. The first-order valence-electron chi connectivity index (χ1n) is 4.06. The Hall–Kier alpha value is -0.850. The molecule has 0 N–H and O–H groups in total. The van der Waals surface area contributed by atoms with E-state index in [1.165, 1.54) is 12.8 Å². The molecule has 0 aromatic rings. The van der Waals surface area contributed by atoms with Gasteiger partial charge in [-0.25, -0.2) is 4.58 Å². The molecule has 0 aliphatic carbocycles. The van der Waals surface area contributed by atoms with Gasteiger partial charge in [0.25, 0.3) is 0 Å². The van der Waals surface area contributed by atoms with Crippen molar-refractivity contribution >= 4 is 6.72 Å². The third-order valence-corrected chi connectivity index (χ3v) is 1.43. The Morgan fingerprint density at radius 3 is 2.64 bits per heavy atom. The lowest BCUT2D eigenvalue weighted by molar-refractivity contribution is -0.488. The monoisotopic (exact) mass is 152 g/mol. The zero-order valence-electron chi connectivity index (χ0n) is 7.42. The third-order valence-electron chi connectivity index (χ3n) is 1.43. The smallest absolute Gasteiger partial charge is 0.142 e. The van der Waals surface area contributed by atoms with Crippen LogP contribution in [0.4, 0.5) is 0 Å². The number of unbranched alkanes of at least 4 members (excludes halogenated alkanes) is 2. The fraction of sp³-hybridized carbons (Fsp3) is 0.500. The first-order valence-corrected chi connectivity index (χ1v) is 4.06. The van der Waals surface area contributed by atoms with E-state index in [4.69, 9.17) is 0 Å². The fourth-order valence-corrected chi connectivity index (χ4v) is 0.836. The van der Waals surface area contributed by atoms with Crippen molar-refractivity contribution in [1.82, 2.24) is 0 Å². The highest BCUT2D eigenvalue weighted by molar-refractivity contribution is 5.13. The Bertz CT molecular complexity index is 145. The molecule has 62 valence electrons. The van der Waals surface area contributed by atoms with Crippen LogP contribution in [0.1, 0.15) is 19.3 Å². The molecule has 0 radical (unpaired) electrons. The van der Waals surface area contributed by atoms with Gasteiger partial charge in [0.05, 0.1) is 0 Å². The van der Waals surface area contributed by atoms with Crippen molar-refractivity contribution in [2.45, 2.75) is 19.3 Å². The normalized spacial score (nSPS) is 10.3. The van der Waals surface area contributed by atoms with Crippen LogP contribution >= 0.6 is 0 Å². The summed E-state index contributed by atoms with van der Waals surface area (Å²) < 4.78 is 1.97. The second-order valence-corrected chi connectivity index (χ2v) is 2.74. The summed E-state index contributed by atoms with van der Waals surface area (Å²) in [5, 5.41) is 0. The first kappa shape index (κ1) is 10.2. The SMILES string of the molecule is C=C/C=C/CCCC[N+](=C)C. The van der Waals surface area contributed by atoms with Crippen molar-refractivity contribution in [2.24, 2.45) is 0 Å². The van der Waals surface area contributed by atoms with Crippen LogP contribution in [0, 0.1) is 0 Å². The Balaban J connectivity index is 3.08. The zero-order chi connectivity index (χ0) is 8.53. The molecule has 0 saturated heterocycles. The molecule has 0 heterocycles. The quantitative estimate of drug-likeness (QED) is 0.238. The molecule has 0 bridgehead atoms.